The first-order valence-corrected chi connectivity index (χ1v) is 12.2. The standard InChI is InChI=1S/C25H27ClN2O4S/c1-16-6-11-23(32-5)24(12-16)33(30,31)28(21-10-8-17(2)19(4)13-21)15-25(29)27-22-14-20(26)9-7-18(22)3/h6-14H,15H2,1-5H3,(H,27,29). The first-order chi connectivity index (χ1) is 15.5. The van der Waals surface area contributed by atoms with Gasteiger partial charge in [0.05, 0.1) is 12.8 Å². The molecule has 0 radical (unpaired) electrons. The van der Waals surface area contributed by atoms with Gasteiger partial charge < -0.3 is 10.1 Å². The smallest absolute Gasteiger partial charge is 0.268 e. The molecule has 6 nitrogen and oxygen atoms in total. The number of carbonyl (C=O) groups is 1. The van der Waals surface area contributed by atoms with E-state index in [1.807, 2.05) is 26.8 Å². The third-order valence-corrected chi connectivity index (χ3v) is 7.46. The molecular formula is C25H27ClN2O4S. The average molecular weight is 487 g/mol. The van der Waals surface area contributed by atoms with E-state index in [2.05, 4.69) is 5.32 Å². The molecule has 8 heteroatoms. The van der Waals surface area contributed by atoms with Gasteiger partial charge in [0.25, 0.3) is 10.0 Å². The van der Waals surface area contributed by atoms with Crippen molar-refractivity contribution in [1.82, 2.24) is 0 Å². The van der Waals surface area contributed by atoms with E-state index in [9.17, 15) is 13.2 Å². The van der Waals surface area contributed by atoms with E-state index in [4.69, 9.17) is 16.3 Å². The molecule has 0 aromatic heterocycles. The van der Waals surface area contributed by atoms with Gasteiger partial charge in [0, 0.05) is 10.7 Å². The maximum atomic E-state index is 13.8. The number of ether oxygens (including phenoxy) is 1. The highest BCUT2D eigenvalue weighted by molar-refractivity contribution is 7.93. The van der Waals surface area contributed by atoms with Crippen molar-refractivity contribution in [2.75, 3.05) is 23.3 Å². The quantitative estimate of drug-likeness (QED) is 0.484. The lowest BCUT2D eigenvalue weighted by Crippen LogP contribution is -2.38. The minimum Gasteiger partial charge on any atom is -0.495 e. The fourth-order valence-electron chi connectivity index (χ4n) is 3.35. The molecule has 0 atom stereocenters. The zero-order valence-electron chi connectivity index (χ0n) is 19.3. The second-order valence-electron chi connectivity index (χ2n) is 7.94. The van der Waals surface area contributed by atoms with Gasteiger partial charge in [-0.3, -0.25) is 9.10 Å². The van der Waals surface area contributed by atoms with Crippen LogP contribution >= 0.6 is 11.6 Å². The topological polar surface area (TPSA) is 75.7 Å². The van der Waals surface area contributed by atoms with Crippen LogP contribution in [0.15, 0.2) is 59.5 Å². The number of sulfonamides is 1. The first-order valence-electron chi connectivity index (χ1n) is 10.3. The van der Waals surface area contributed by atoms with Gasteiger partial charge in [0.1, 0.15) is 17.2 Å². The number of hydrogen-bond donors (Lipinski definition) is 1. The summed E-state index contributed by atoms with van der Waals surface area (Å²) in [5.41, 5.74) is 4.41. The lowest BCUT2D eigenvalue weighted by molar-refractivity contribution is -0.114. The van der Waals surface area contributed by atoms with Gasteiger partial charge in [-0.05, 0) is 86.3 Å². The van der Waals surface area contributed by atoms with Crippen molar-refractivity contribution in [3.8, 4) is 5.75 Å². The number of carbonyl (C=O) groups excluding carboxylic acids is 1. The number of nitrogens with one attached hydrogen (secondary N) is 1. The number of anilines is 2. The summed E-state index contributed by atoms with van der Waals surface area (Å²) in [7, 11) is -2.72. The van der Waals surface area contributed by atoms with E-state index in [0.717, 1.165) is 26.6 Å². The Balaban J connectivity index is 2.06. The van der Waals surface area contributed by atoms with Crippen LogP contribution in [0.2, 0.25) is 5.02 Å². The van der Waals surface area contributed by atoms with Gasteiger partial charge in [-0.2, -0.15) is 0 Å². The van der Waals surface area contributed by atoms with Crippen molar-refractivity contribution < 1.29 is 17.9 Å². The van der Waals surface area contributed by atoms with Gasteiger partial charge in [0.15, 0.2) is 0 Å². The van der Waals surface area contributed by atoms with E-state index < -0.39 is 22.5 Å². The van der Waals surface area contributed by atoms with Crippen LogP contribution in [-0.4, -0.2) is 28.0 Å². The molecule has 1 N–H and O–H groups in total. The maximum absolute atomic E-state index is 13.8. The third kappa shape index (κ3) is 5.49. The summed E-state index contributed by atoms with van der Waals surface area (Å²) >= 11 is 6.06. The Morgan fingerprint density at radius 2 is 1.64 bits per heavy atom. The predicted molar refractivity (Wildman–Crippen MR) is 133 cm³/mol. The Morgan fingerprint density at radius 3 is 2.30 bits per heavy atom. The molecule has 0 unspecified atom stereocenters. The lowest BCUT2D eigenvalue weighted by atomic mass is 10.1. The average Bonchev–Trinajstić information content (AvgIpc) is 2.76. The zero-order chi connectivity index (χ0) is 24.3. The van der Waals surface area contributed by atoms with Crippen LogP contribution in [0, 0.1) is 27.7 Å². The molecule has 0 fully saturated rings. The number of methoxy groups -OCH3 is 1. The minimum absolute atomic E-state index is 0.00466. The molecule has 0 saturated heterocycles. The molecule has 0 aliphatic rings. The largest absolute Gasteiger partial charge is 0.495 e. The van der Waals surface area contributed by atoms with E-state index in [-0.39, 0.29) is 10.6 Å². The summed E-state index contributed by atoms with van der Waals surface area (Å²) in [4.78, 5) is 13.0. The second-order valence-corrected chi connectivity index (χ2v) is 10.2. The summed E-state index contributed by atoms with van der Waals surface area (Å²) in [5.74, 6) is -0.283. The number of halogens is 1. The normalized spacial score (nSPS) is 11.2. The molecule has 0 heterocycles. The van der Waals surface area contributed by atoms with E-state index in [0.29, 0.717) is 16.4 Å². The van der Waals surface area contributed by atoms with Gasteiger partial charge in [-0.25, -0.2) is 8.42 Å². The number of nitrogens with zero attached hydrogens (tertiary/aromatic N) is 1. The number of aryl methyl sites for hydroxylation is 4. The summed E-state index contributed by atoms with van der Waals surface area (Å²) in [6.07, 6.45) is 0. The van der Waals surface area contributed by atoms with E-state index in [1.54, 1.807) is 55.5 Å². The highest BCUT2D eigenvalue weighted by Crippen LogP contribution is 2.32. The van der Waals surface area contributed by atoms with Crippen LogP contribution in [0.1, 0.15) is 22.3 Å². The van der Waals surface area contributed by atoms with Crippen molar-refractivity contribution in [2.24, 2.45) is 0 Å². The molecule has 3 aromatic carbocycles. The van der Waals surface area contributed by atoms with Gasteiger partial charge >= 0.3 is 0 Å². The Morgan fingerprint density at radius 1 is 0.939 bits per heavy atom. The van der Waals surface area contributed by atoms with Crippen LogP contribution in [0.3, 0.4) is 0 Å². The Hall–Kier alpha value is -3.03. The summed E-state index contributed by atoms with van der Waals surface area (Å²) in [5, 5.41) is 3.25. The van der Waals surface area contributed by atoms with Crippen LogP contribution < -0.4 is 14.4 Å². The van der Waals surface area contributed by atoms with Crippen molar-refractivity contribution in [2.45, 2.75) is 32.6 Å². The fraction of sp³-hybridized carbons (Fsp3) is 0.240. The van der Waals surface area contributed by atoms with Gasteiger partial charge in [0.2, 0.25) is 5.91 Å². The Labute approximate surface area is 200 Å². The molecule has 1 amide bonds. The van der Waals surface area contributed by atoms with Crippen molar-refractivity contribution in [1.29, 1.82) is 0 Å². The minimum atomic E-state index is -4.13. The Bertz CT molecular complexity index is 1310. The summed E-state index contributed by atoms with van der Waals surface area (Å²) in [6, 6.07) is 15.3. The monoisotopic (exact) mass is 486 g/mol. The Kier molecular flexibility index (Phi) is 7.34. The number of benzene rings is 3. The van der Waals surface area contributed by atoms with Crippen molar-refractivity contribution in [3.63, 3.8) is 0 Å². The van der Waals surface area contributed by atoms with E-state index in [1.165, 1.54) is 7.11 Å². The number of rotatable bonds is 7. The molecule has 0 bridgehead atoms. The molecular weight excluding hydrogens is 460 g/mol. The maximum Gasteiger partial charge on any atom is 0.268 e. The molecule has 0 aliphatic carbocycles. The van der Waals surface area contributed by atoms with Gasteiger partial charge in [-0.15, -0.1) is 0 Å². The van der Waals surface area contributed by atoms with Gasteiger partial charge in [-0.1, -0.05) is 29.8 Å². The molecule has 0 aliphatic heterocycles. The SMILES string of the molecule is COc1ccc(C)cc1S(=O)(=O)N(CC(=O)Nc1cc(Cl)ccc1C)c1ccc(C)c(C)c1. The van der Waals surface area contributed by atoms with E-state index >= 15 is 0 Å². The van der Waals surface area contributed by atoms with Crippen molar-refractivity contribution in [3.05, 3.63) is 81.9 Å². The first kappa shape index (κ1) is 24.6. The predicted octanol–water partition coefficient (Wildman–Crippen LogP) is 5.42. The third-order valence-electron chi connectivity index (χ3n) is 5.43. The van der Waals surface area contributed by atoms with Crippen LogP contribution in [0.25, 0.3) is 0 Å². The summed E-state index contributed by atoms with van der Waals surface area (Å²) in [6.45, 7) is 7.05. The molecule has 0 saturated carbocycles. The molecule has 33 heavy (non-hydrogen) atoms. The number of amides is 1. The number of hydrogen-bond acceptors (Lipinski definition) is 4. The molecule has 0 spiro atoms. The molecule has 174 valence electrons. The van der Waals surface area contributed by atoms with Crippen LogP contribution in [0.5, 0.6) is 5.75 Å². The molecule has 3 rings (SSSR count). The van der Waals surface area contributed by atoms with Crippen LogP contribution in [-0.2, 0) is 14.8 Å². The summed E-state index contributed by atoms with van der Waals surface area (Å²) < 4.78 is 34.1. The fourth-order valence-corrected chi connectivity index (χ4v) is 5.18. The lowest BCUT2D eigenvalue weighted by Gasteiger charge is -2.26. The van der Waals surface area contributed by atoms with Crippen LogP contribution in [0.4, 0.5) is 11.4 Å². The molecule has 3 aromatic rings. The van der Waals surface area contributed by atoms with Crippen molar-refractivity contribution >= 4 is 38.9 Å². The second kappa shape index (κ2) is 9.85. The highest BCUT2D eigenvalue weighted by Gasteiger charge is 2.30. The zero-order valence-corrected chi connectivity index (χ0v) is 20.8. The highest BCUT2D eigenvalue weighted by atomic mass is 35.5.